The Bertz CT molecular complexity index is 580. The van der Waals surface area contributed by atoms with E-state index >= 15 is 0 Å². The fraction of sp³-hybridized carbons (Fsp3) is 0.550. The molecule has 0 bridgehead atoms. The third-order valence-electron chi connectivity index (χ3n) is 4.76. The molecule has 2 unspecified atom stereocenters. The molecule has 0 spiro atoms. The van der Waals surface area contributed by atoms with Crippen LogP contribution in [-0.4, -0.2) is 35.8 Å². The Hall–Kier alpha value is -1.88. The zero-order chi connectivity index (χ0) is 19.3. The number of carbonyl (C=O) groups excluding carboxylic acids is 1. The summed E-state index contributed by atoms with van der Waals surface area (Å²) in [5, 5.41) is 11.1. The molecule has 0 radical (unpaired) electrons. The maximum atomic E-state index is 13.2. The van der Waals surface area contributed by atoms with Gasteiger partial charge in [0.1, 0.15) is 5.82 Å². The van der Waals surface area contributed by atoms with Crippen molar-refractivity contribution in [1.29, 1.82) is 0 Å². The van der Waals surface area contributed by atoms with Crippen LogP contribution >= 0.6 is 0 Å². The smallest absolute Gasteiger partial charge is 0.409 e. The molecule has 1 amide bonds. The number of benzene rings is 1. The predicted molar refractivity (Wildman–Crippen MR) is 97.8 cm³/mol. The summed E-state index contributed by atoms with van der Waals surface area (Å²) < 4.78 is 18.1. The Morgan fingerprint density at radius 2 is 1.92 bits per heavy atom. The Kier molecular flexibility index (Phi) is 7.17. The van der Waals surface area contributed by atoms with E-state index in [4.69, 9.17) is 4.74 Å². The number of hydrogen-bond donors (Lipinski definition) is 1. The largest absolute Gasteiger partial charge is 0.453 e. The second-order valence-corrected chi connectivity index (χ2v) is 7.49. The average Bonchev–Trinajstić information content (AvgIpc) is 2.54. The number of ether oxygens (including phenoxy) is 1. The second-order valence-electron chi connectivity index (χ2n) is 7.49. The predicted octanol–water partition coefficient (Wildman–Crippen LogP) is 4.48. The van der Waals surface area contributed by atoms with Crippen molar-refractivity contribution in [2.75, 3.05) is 13.7 Å². The monoisotopic (exact) mass is 351 g/mol. The summed E-state index contributed by atoms with van der Waals surface area (Å²) in [5.41, 5.74) is -0.762. The molecule has 1 rings (SSSR count). The van der Waals surface area contributed by atoms with Gasteiger partial charge in [-0.05, 0) is 42.9 Å². The maximum absolute atomic E-state index is 13.2. The summed E-state index contributed by atoms with van der Waals surface area (Å²) in [7, 11) is 1.35. The summed E-state index contributed by atoms with van der Waals surface area (Å²) in [5.74, 6) is -0.359. The third-order valence-corrected chi connectivity index (χ3v) is 4.76. The molecule has 0 saturated carbocycles. The highest BCUT2D eigenvalue weighted by molar-refractivity contribution is 5.67. The van der Waals surface area contributed by atoms with Crippen molar-refractivity contribution in [3.05, 3.63) is 48.3 Å². The van der Waals surface area contributed by atoms with E-state index in [0.29, 0.717) is 24.9 Å². The van der Waals surface area contributed by atoms with Crippen LogP contribution in [0.3, 0.4) is 0 Å². The van der Waals surface area contributed by atoms with Gasteiger partial charge in [-0.15, -0.1) is 6.58 Å². The van der Waals surface area contributed by atoms with Crippen molar-refractivity contribution in [3.8, 4) is 0 Å². The van der Waals surface area contributed by atoms with Crippen molar-refractivity contribution in [3.63, 3.8) is 0 Å². The van der Waals surface area contributed by atoms with E-state index in [0.717, 1.165) is 0 Å². The molecule has 5 heteroatoms. The summed E-state index contributed by atoms with van der Waals surface area (Å²) >= 11 is 0. The maximum Gasteiger partial charge on any atom is 0.409 e. The van der Waals surface area contributed by atoms with Crippen LogP contribution in [0.4, 0.5) is 9.18 Å². The molecule has 0 saturated heterocycles. The van der Waals surface area contributed by atoms with Gasteiger partial charge in [0.05, 0.1) is 12.7 Å². The van der Waals surface area contributed by atoms with Gasteiger partial charge in [-0.2, -0.15) is 0 Å². The first kappa shape index (κ1) is 21.2. The number of nitrogens with zero attached hydrogens (tertiary/aromatic N) is 1. The zero-order valence-electron chi connectivity index (χ0n) is 15.9. The van der Waals surface area contributed by atoms with Gasteiger partial charge in [-0.25, -0.2) is 9.18 Å². The lowest BCUT2D eigenvalue weighted by Gasteiger charge is -2.39. The number of methoxy groups -OCH3 is 1. The Labute approximate surface area is 150 Å². The van der Waals surface area contributed by atoms with Gasteiger partial charge in [-0.1, -0.05) is 39.0 Å². The van der Waals surface area contributed by atoms with Crippen LogP contribution in [0.5, 0.6) is 0 Å². The van der Waals surface area contributed by atoms with Gasteiger partial charge in [-0.3, -0.25) is 0 Å². The molecule has 2 atom stereocenters. The van der Waals surface area contributed by atoms with Crippen LogP contribution in [0.15, 0.2) is 36.9 Å². The van der Waals surface area contributed by atoms with Crippen LogP contribution in [0.2, 0.25) is 0 Å². The molecule has 140 valence electrons. The highest BCUT2D eigenvalue weighted by Crippen LogP contribution is 2.32. The number of aliphatic hydroxyl groups is 1. The molecule has 1 aromatic rings. The molecule has 0 aliphatic heterocycles. The Morgan fingerprint density at radius 3 is 2.36 bits per heavy atom. The van der Waals surface area contributed by atoms with Gasteiger partial charge in [0.2, 0.25) is 0 Å². The van der Waals surface area contributed by atoms with E-state index in [1.165, 1.54) is 19.2 Å². The lowest BCUT2D eigenvalue weighted by molar-refractivity contribution is 0.00839. The highest BCUT2D eigenvalue weighted by atomic mass is 19.1. The van der Waals surface area contributed by atoms with Gasteiger partial charge in [0.15, 0.2) is 0 Å². The standard InChI is InChI=1S/C20H30FNO3/c1-7-12-20(24,16-8-10-17(21)11-9-16)13-14-22(18(23)25-6)15(2)19(3,4)5/h7-11,15,24H,1,12-14H2,2-6H3. The molecule has 1 N–H and O–H groups in total. The fourth-order valence-electron chi connectivity index (χ4n) is 2.70. The van der Waals surface area contributed by atoms with E-state index in [1.807, 2.05) is 27.7 Å². The van der Waals surface area contributed by atoms with E-state index in [2.05, 4.69) is 6.58 Å². The van der Waals surface area contributed by atoms with E-state index in [1.54, 1.807) is 23.1 Å². The van der Waals surface area contributed by atoms with Crippen molar-refractivity contribution in [2.24, 2.45) is 5.41 Å². The van der Waals surface area contributed by atoms with Crippen molar-refractivity contribution >= 4 is 6.09 Å². The highest BCUT2D eigenvalue weighted by Gasteiger charge is 2.34. The molecule has 0 heterocycles. The number of halogens is 1. The number of rotatable bonds is 7. The zero-order valence-corrected chi connectivity index (χ0v) is 15.9. The first-order valence-electron chi connectivity index (χ1n) is 8.49. The first-order valence-corrected chi connectivity index (χ1v) is 8.49. The SMILES string of the molecule is C=CCC(O)(CCN(C(=O)OC)C(C)C(C)(C)C)c1ccc(F)cc1. The van der Waals surface area contributed by atoms with Crippen LogP contribution in [0.25, 0.3) is 0 Å². The van der Waals surface area contributed by atoms with Gasteiger partial charge < -0.3 is 14.7 Å². The topological polar surface area (TPSA) is 49.8 Å². The summed E-state index contributed by atoms with van der Waals surface area (Å²) in [4.78, 5) is 13.8. The lowest BCUT2D eigenvalue weighted by atomic mass is 9.84. The van der Waals surface area contributed by atoms with Crippen molar-refractivity contribution < 1.29 is 19.0 Å². The van der Waals surface area contributed by atoms with Gasteiger partial charge in [0, 0.05) is 12.6 Å². The minimum atomic E-state index is -1.22. The Balaban J connectivity index is 3.04. The molecule has 0 aliphatic carbocycles. The van der Waals surface area contributed by atoms with E-state index in [9.17, 15) is 14.3 Å². The average molecular weight is 351 g/mol. The number of amides is 1. The summed E-state index contributed by atoms with van der Waals surface area (Å²) in [6.07, 6.45) is 1.79. The second kappa shape index (κ2) is 8.48. The van der Waals surface area contributed by atoms with Crippen LogP contribution < -0.4 is 0 Å². The third kappa shape index (κ3) is 5.56. The van der Waals surface area contributed by atoms with E-state index < -0.39 is 11.7 Å². The van der Waals surface area contributed by atoms with Crippen molar-refractivity contribution in [1.82, 2.24) is 4.90 Å². The fourth-order valence-corrected chi connectivity index (χ4v) is 2.70. The van der Waals surface area contributed by atoms with Crippen LogP contribution in [0.1, 0.15) is 46.1 Å². The van der Waals surface area contributed by atoms with Crippen LogP contribution in [0, 0.1) is 11.2 Å². The van der Waals surface area contributed by atoms with Gasteiger partial charge >= 0.3 is 6.09 Å². The Morgan fingerprint density at radius 1 is 1.36 bits per heavy atom. The molecule has 25 heavy (non-hydrogen) atoms. The molecule has 0 aliphatic rings. The molecular formula is C20H30FNO3. The quantitative estimate of drug-likeness (QED) is 0.737. The van der Waals surface area contributed by atoms with Crippen LogP contribution in [-0.2, 0) is 10.3 Å². The molecule has 0 fully saturated rings. The molecule has 4 nitrogen and oxygen atoms in total. The first-order chi connectivity index (χ1) is 11.5. The normalized spacial score (nSPS) is 15.2. The number of hydrogen-bond acceptors (Lipinski definition) is 3. The van der Waals surface area contributed by atoms with E-state index in [-0.39, 0.29) is 17.3 Å². The van der Waals surface area contributed by atoms with Crippen molar-refractivity contribution in [2.45, 2.75) is 52.2 Å². The minimum Gasteiger partial charge on any atom is -0.453 e. The minimum absolute atomic E-state index is 0.0823. The lowest BCUT2D eigenvalue weighted by Crippen LogP contribution is -2.47. The molecule has 1 aromatic carbocycles. The molecule has 0 aromatic heterocycles. The summed E-state index contributed by atoms with van der Waals surface area (Å²) in [6, 6.07) is 5.68. The number of carbonyl (C=O) groups is 1. The van der Waals surface area contributed by atoms with Gasteiger partial charge in [0.25, 0.3) is 0 Å². The molecular weight excluding hydrogens is 321 g/mol. The summed E-state index contributed by atoms with van der Waals surface area (Å²) in [6.45, 7) is 12.1.